The molecule has 4 nitrogen and oxygen atoms in total. The Labute approximate surface area is 118 Å². The maximum atomic E-state index is 12.4. The molecular weight excluding hydrogens is 260 g/mol. The zero-order chi connectivity index (χ0) is 13.7. The predicted molar refractivity (Wildman–Crippen MR) is 78.6 cm³/mol. The van der Waals surface area contributed by atoms with Gasteiger partial charge in [-0.25, -0.2) is 12.7 Å². The molecule has 1 atom stereocenters. The summed E-state index contributed by atoms with van der Waals surface area (Å²) in [5.41, 5.74) is 0. The van der Waals surface area contributed by atoms with Gasteiger partial charge in [0, 0.05) is 19.6 Å². The average molecular weight is 288 g/mol. The molecule has 0 aromatic heterocycles. The van der Waals surface area contributed by atoms with Crippen LogP contribution in [0, 0.1) is 5.92 Å². The Kier molecular flexibility index (Phi) is 5.66. The van der Waals surface area contributed by atoms with Crippen LogP contribution in [0.1, 0.15) is 51.4 Å². The number of rotatable bonds is 5. The van der Waals surface area contributed by atoms with Gasteiger partial charge in [0.25, 0.3) is 0 Å². The maximum Gasteiger partial charge on any atom is 0.215 e. The molecule has 0 spiro atoms. The van der Waals surface area contributed by atoms with E-state index in [4.69, 9.17) is 0 Å². The van der Waals surface area contributed by atoms with Gasteiger partial charge in [-0.1, -0.05) is 25.7 Å². The number of piperidine rings is 1. The lowest BCUT2D eigenvalue weighted by Gasteiger charge is -2.29. The highest BCUT2D eigenvalue weighted by molar-refractivity contribution is 7.89. The van der Waals surface area contributed by atoms with Crippen molar-refractivity contribution in [1.29, 1.82) is 0 Å². The molecule has 1 unspecified atom stereocenters. The predicted octanol–water partition coefficient (Wildman–Crippen LogP) is 1.97. The number of nitrogens with zero attached hydrogens (tertiary/aromatic N) is 1. The third-order valence-electron chi connectivity index (χ3n) is 4.54. The van der Waals surface area contributed by atoms with Crippen LogP contribution in [-0.4, -0.2) is 44.7 Å². The lowest BCUT2D eigenvalue weighted by atomic mass is 9.89. The molecule has 0 radical (unpaired) electrons. The van der Waals surface area contributed by atoms with Crippen molar-refractivity contribution in [2.24, 2.45) is 5.92 Å². The standard InChI is InChI=1S/C14H28N2O2S/c1-16(11-13-7-3-2-4-8-13)19(17,18)12-14-9-5-6-10-15-14/h13-15H,2-12H2,1H3. The van der Waals surface area contributed by atoms with Crippen molar-refractivity contribution in [2.75, 3.05) is 25.9 Å². The average Bonchev–Trinajstić information content (AvgIpc) is 2.40. The molecule has 1 aliphatic carbocycles. The van der Waals surface area contributed by atoms with E-state index in [-0.39, 0.29) is 11.8 Å². The molecule has 1 aliphatic heterocycles. The van der Waals surface area contributed by atoms with Crippen molar-refractivity contribution in [3.8, 4) is 0 Å². The summed E-state index contributed by atoms with van der Waals surface area (Å²) in [6, 6.07) is 0.160. The van der Waals surface area contributed by atoms with Crippen LogP contribution in [0.25, 0.3) is 0 Å². The van der Waals surface area contributed by atoms with Crippen molar-refractivity contribution in [2.45, 2.75) is 57.4 Å². The number of hydrogen-bond acceptors (Lipinski definition) is 3. The summed E-state index contributed by atoms with van der Waals surface area (Å²) in [7, 11) is -1.33. The Morgan fingerprint density at radius 3 is 2.37 bits per heavy atom. The molecule has 5 heteroatoms. The summed E-state index contributed by atoms with van der Waals surface area (Å²) >= 11 is 0. The second kappa shape index (κ2) is 7.04. The number of sulfonamides is 1. The lowest BCUT2D eigenvalue weighted by Crippen LogP contribution is -2.44. The summed E-state index contributed by atoms with van der Waals surface area (Å²) in [5, 5.41) is 3.33. The summed E-state index contributed by atoms with van der Waals surface area (Å²) < 4.78 is 26.3. The molecular formula is C14H28N2O2S. The first-order valence-corrected chi connectivity index (χ1v) is 9.36. The molecule has 0 amide bonds. The second-order valence-electron chi connectivity index (χ2n) is 6.21. The fourth-order valence-corrected chi connectivity index (χ4v) is 4.78. The van der Waals surface area contributed by atoms with Gasteiger partial charge < -0.3 is 5.32 Å². The summed E-state index contributed by atoms with van der Waals surface area (Å²) in [4.78, 5) is 0. The molecule has 1 N–H and O–H groups in total. The van der Waals surface area contributed by atoms with E-state index >= 15 is 0 Å². The van der Waals surface area contributed by atoms with Gasteiger partial charge >= 0.3 is 0 Å². The minimum absolute atomic E-state index is 0.160. The second-order valence-corrected chi connectivity index (χ2v) is 8.33. The Morgan fingerprint density at radius 1 is 1.05 bits per heavy atom. The molecule has 1 heterocycles. The highest BCUT2D eigenvalue weighted by atomic mass is 32.2. The van der Waals surface area contributed by atoms with Crippen LogP contribution in [0.3, 0.4) is 0 Å². The molecule has 0 aromatic carbocycles. The fourth-order valence-electron chi connectivity index (χ4n) is 3.29. The first-order valence-electron chi connectivity index (χ1n) is 7.75. The van der Waals surface area contributed by atoms with E-state index in [9.17, 15) is 8.42 Å². The van der Waals surface area contributed by atoms with E-state index in [0.29, 0.717) is 5.92 Å². The molecule has 112 valence electrons. The third-order valence-corrected chi connectivity index (χ3v) is 6.46. The highest BCUT2D eigenvalue weighted by Crippen LogP contribution is 2.25. The van der Waals surface area contributed by atoms with Crippen molar-refractivity contribution in [1.82, 2.24) is 9.62 Å². The van der Waals surface area contributed by atoms with Gasteiger partial charge in [-0.15, -0.1) is 0 Å². The normalized spacial score (nSPS) is 26.7. The lowest BCUT2D eigenvalue weighted by molar-refractivity contribution is 0.298. The molecule has 19 heavy (non-hydrogen) atoms. The molecule has 2 fully saturated rings. The van der Waals surface area contributed by atoms with Gasteiger partial charge in [-0.3, -0.25) is 0 Å². The van der Waals surface area contributed by atoms with Crippen molar-refractivity contribution < 1.29 is 8.42 Å². The van der Waals surface area contributed by atoms with Gasteiger partial charge in [-0.2, -0.15) is 0 Å². The maximum absolute atomic E-state index is 12.4. The summed E-state index contributed by atoms with van der Waals surface area (Å²) in [5.74, 6) is 0.851. The van der Waals surface area contributed by atoms with Crippen LogP contribution in [0.15, 0.2) is 0 Å². The number of nitrogens with one attached hydrogen (secondary N) is 1. The van der Waals surface area contributed by atoms with Gasteiger partial charge in [0.05, 0.1) is 5.75 Å². The third kappa shape index (κ3) is 4.72. The first-order chi connectivity index (χ1) is 9.08. The minimum atomic E-state index is -3.09. The Bertz CT molecular complexity index is 358. The van der Waals surface area contributed by atoms with E-state index in [2.05, 4.69) is 5.32 Å². The summed E-state index contributed by atoms with van der Waals surface area (Å²) in [6.07, 6.45) is 9.57. The quantitative estimate of drug-likeness (QED) is 0.841. The molecule has 2 rings (SSSR count). The SMILES string of the molecule is CN(CC1CCCCC1)S(=O)(=O)CC1CCCCN1. The van der Waals surface area contributed by atoms with Crippen molar-refractivity contribution in [3.63, 3.8) is 0 Å². The monoisotopic (exact) mass is 288 g/mol. The molecule has 2 aliphatic rings. The Morgan fingerprint density at radius 2 is 1.74 bits per heavy atom. The molecule has 0 bridgehead atoms. The highest BCUT2D eigenvalue weighted by Gasteiger charge is 2.26. The van der Waals surface area contributed by atoms with Gasteiger partial charge in [-0.05, 0) is 38.1 Å². The molecule has 1 saturated carbocycles. The minimum Gasteiger partial charge on any atom is -0.313 e. The van der Waals surface area contributed by atoms with Gasteiger partial charge in [0.15, 0.2) is 0 Å². The fraction of sp³-hybridized carbons (Fsp3) is 1.00. The van der Waals surface area contributed by atoms with Gasteiger partial charge in [0.1, 0.15) is 0 Å². The first kappa shape index (κ1) is 15.3. The van der Waals surface area contributed by atoms with E-state index in [1.54, 1.807) is 11.4 Å². The van der Waals surface area contributed by atoms with Crippen LogP contribution in [0.5, 0.6) is 0 Å². The zero-order valence-corrected chi connectivity index (χ0v) is 12.9. The molecule has 1 saturated heterocycles. The topological polar surface area (TPSA) is 49.4 Å². The van der Waals surface area contributed by atoms with Gasteiger partial charge in [0.2, 0.25) is 10.0 Å². The van der Waals surface area contributed by atoms with Crippen LogP contribution >= 0.6 is 0 Å². The van der Waals surface area contributed by atoms with Crippen LogP contribution in [-0.2, 0) is 10.0 Å². The largest absolute Gasteiger partial charge is 0.313 e. The van der Waals surface area contributed by atoms with E-state index in [0.717, 1.165) is 25.9 Å². The van der Waals surface area contributed by atoms with Crippen LogP contribution in [0.4, 0.5) is 0 Å². The number of hydrogen-bond donors (Lipinski definition) is 1. The summed E-state index contributed by atoms with van der Waals surface area (Å²) in [6.45, 7) is 1.68. The Balaban J connectivity index is 1.83. The van der Waals surface area contributed by atoms with Crippen molar-refractivity contribution in [3.05, 3.63) is 0 Å². The smallest absolute Gasteiger partial charge is 0.215 e. The van der Waals surface area contributed by atoms with Crippen molar-refractivity contribution >= 4 is 10.0 Å². The molecule has 0 aromatic rings. The van der Waals surface area contributed by atoms with E-state index in [1.165, 1.54) is 38.5 Å². The zero-order valence-electron chi connectivity index (χ0n) is 12.1. The van der Waals surface area contributed by atoms with E-state index in [1.807, 2.05) is 0 Å². The van der Waals surface area contributed by atoms with Crippen LogP contribution in [0.2, 0.25) is 0 Å². The Hall–Kier alpha value is -0.130. The van der Waals surface area contributed by atoms with Crippen LogP contribution < -0.4 is 5.32 Å². The van der Waals surface area contributed by atoms with E-state index < -0.39 is 10.0 Å².